The van der Waals surface area contributed by atoms with Crippen molar-refractivity contribution in [1.82, 2.24) is 31.1 Å². The number of ketones is 1. The fourth-order valence-electron chi connectivity index (χ4n) is 7.09. The van der Waals surface area contributed by atoms with Crippen molar-refractivity contribution in [2.75, 3.05) is 33.8 Å². The van der Waals surface area contributed by atoms with Crippen LogP contribution >= 0.6 is 0 Å². The minimum absolute atomic E-state index is 0.0776. The van der Waals surface area contributed by atoms with Crippen molar-refractivity contribution >= 4 is 41.4 Å². The van der Waals surface area contributed by atoms with Gasteiger partial charge < -0.3 is 35.8 Å². The molecule has 2 aliphatic carbocycles. The summed E-state index contributed by atoms with van der Waals surface area (Å²) in [5.41, 5.74) is 0.557. The molecule has 3 unspecified atom stereocenters. The zero-order valence-corrected chi connectivity index (χ0v) is 30.4. The summed E-state index contributed by atoms with van der Waals surface area (Å²) in [6.45, 7) is 5.68. The molecule has 6 amide bonds. The molecule has 0 spiro atoms. The van der Waals surface area contributed by atoms with Crippen molar-refractivity contribution in [3.05, 3.63) is 35.9 Å². The van der Waals surface area contributed by atoms with Gasteiger partial charge in [0.25, 0.3) is 5.91 Å². The van der Waals surface area contributed by atoms with Crippen LogP contribution in [0, 0.1) is 23.7 Å². The molecule has 14 heteroatoms. The van der Waals surface area contributed by atoms with Gasteiger partial charge in [0.1, 0.15) is 18.1 Å². The van der Waals surface area contributed by atoms with Crippen molar-refractivity contribution in [3.63, 3.8) is 0 Å². The highest BCUT2D eigenvalue weighted by molar-refractivity contribution is 6.38. The number of benzene rings is 1. The molecule has 2 saturated carbocycles. The Bertz CT molecular complexity index is 1430. The van der Waals surface area contributed by atoms with Crippen LogP contribution in [0.4, 0.5) is 4.79 Å². The Hall–Kier alpha value is -4.49. The zero-order valence-electron chi connectivity index (χ0n) is 30.4. The quantitative estimate of drug-likeness (QED) is 0.188. The lowest BCUT2D eigenvalue weighted by molar-refractivity contribution is -0.144. The molecule has 51 heavy (non-hydrogen) atoms. The molecular formula is C37H54N6O8. The van der Waals surface area contributed by atoms with E-state index in [1.807, 2.05) is 20.8 Å². The lowest BCUT2D eigenvalue weighted by Gasteiger charge is -2.35. The predicted molar refractivity (Wildman–Crippen MR) is 188 cm³/mol. The van der Waals surface area contributed by atoms with Gasteiger partial charge in [-0.2, -0.15) is 0 Å². The van der Waals surface area contributed by atoms with Gasteiger partial charge in [0.15, 0.2) is 0 Å². The Morgan fingerprint density at radius 3 is 2.25 bits per heavy atom. The van der Waals surface area contributed by atoms with E-state index in [0.717, 1.165) is 38.5 Å². The number of amides is 6. The lowest BCUT2D eigenvalue weighted by atomic mass is 9.83. The summed E-state index contributed by atoms with van der Waals surface area (Å²) in [6, 6.07) is 4.81. The number of nitrogens with zero attached hydrogens (tertiary/aromatic N) is 2. The molecule has 0 bridgehead atoms. The summed E-state index contributed by atoms with van der Waals surface area (Å²) in [5, 5.41) is 10.5. The second-order valence-electron chi connectivity index (χ2n) is 14.6. The van der Waals surface area contributed by atoms with E-state index >= 15 is 0 Å². The highest BCUT2D eigenvalue weighted by atomic mass is 16.5. The monoisotopic (exact) mass is 710 g/mol. The van der Waals surface area contributed by atoms with Gasteiger partial charge in [-0.3, -0.25) is 28.8 Å². The van der Waals surface area contributed by atoms with Gasteiger partial charge in [0.05, 0.1) is 19.2 Å². The summed E-state index contributed by atoms with van der Waals surface area (Å²) >= 11 is 0. The van der Waals surface area contributed by atoms with E-state index in [9.17, 15) is 33.6 Å². The number of likely N-dealkylation sites (N-methyl/N-ethyl adjacent to an activating group) is 1. The summed E-state index contributed by atoms with van der Waals surface area (Å²) in [6.07, 6.45) is 5.24. The SMILES string of the molecule is CCCC(NC(=O)C1[C@H]2C[C@@H]2CN1C(=O)[C@@H](NC(=O)OCC(C)C)C1CCCCC1)C(=O)C(=O)NCC(=O)NC(C(=O)N(C)C)c1ccccc1. The van der Waals surface area contributed by atoms with E-state index in [-0.39, 0.29) is 48.5 Å². The van der Waals surface area contributed by atoms with Gasteiger partial charge in [-0.15, -0.1) is 0 Å². The standard InChI is InChI=1S/C37H54N6O8/c1-6-13-27(32(45)34(47)38-19-28(44)40-29(35(48)42(4)5)23-14-9-7-10-15-23)39-33(46)31-26-18-25(26)20-43(31)36(49)30(24-16-11-8-12-17-24)41-37(50)51-21-22(2)3/h7,9-10,14-15,22,24-27,29-31H,6,8,11-13,16-21H2,1-5H3,(H,38,47)(H,39,46)(H,40,44)(H,41,50)/t25-,26+,27?,29?,30+,31?/m1/s1. The fourth-order valence-corrected chi connectivity index (χ4v) is 7.09. The molecule has 1 heterocycles. The number of hydrogen-bond donors (Lipinski definition) is 4. The number of piperidine rings is 1. The Labute approximate surface area is 300 Å². The third-order valence-corrected chi connectivity index (χ3v) is 9.88. The summed E-state index contributed by atoms with van der Waals surface area (Å²) in [4.78, 5) is 95.5. The Morgan fingerprint density at radius 1 is 0.941 bits per heavy atom. The average Bonchev–Trinajstić information content (AvgIpc) is 3.78. The van der Waals surface area contributed by atoms with Crippen LogP contribution in [0.3, 0.4) is 0 Å². The summed E-state index contributed by atoms with van der Waals surface area (Å²) in [7, 11) is 3.13. The Kier molecular flexibility index (Phi) is 14.0. The molecule has 3 fully saturated rings. The van der Waals surface area contributed by atoms with Crippen LogP contribution in [0.1, 0.15) is 83.7 Å². The molecule has 3 aliphatic rings. The molecule has 280 valence electrons. The number of carbonyl (C=O) groups excluding carboxylic acids is 7. The van der Waals surface area contributed by atoms with Crippen LogP contribution in [0.25, 0.3) is 0 Å². The minimum Gasteiger partial charge on any atom is -0.449 e. The van der Waals surface area contributed by atoms with Crippen molar-refractivity contribution in [2.24, 2.45) is 23.7 Å². The molecular weight excluding hydrogens is 656 g/mol. The van der Waals surface area contributed by atoms with Crippen LogP contribution in [0.5, 0.6) is 0 Å². The summed E-state index contributed by atoms with van der Waals surface area (Å²) in [5.74, 6) is -3.76. The van der Waals surface area contributed by atoms with Crippen molar-refractivity contribution in [1.29, 1.82) is 0 Å². The molecule has 0 aromatic heterocycles. The maximum atomic E-state index is 14.1. The second kappa shape index (κ2) is 18.1. The summed E-state index contributed by atoms with van der Waals surface area (Å²) < 4.78 is 5.35. The largest absolute Gasteiger partial charge is 0.449 e. The first kappa shape index (κ1) is 39.3. The van der Waals surface area contributed by atoms with Gasteiger partial charge in [0.2, 0.25) is 29.4 Å². The molecule has 4 rings (SSSR count). The van der Waals surface area contributed by atoms with Gasteiger partial charge in [-0.1, -0.05) is 76.8 Å². The van der Waals surface area contributed by atoms with Gasteiger partial charge >= 0.3 is 6.09 Å². The number of carbonyl (C=O) groups is 7. The van der Waals surface area contributed by atoms with Crippen LogP contribution in [0.2, 0.25) is 0 Å². The molecule has 1 saturated heterocycles. The van der Waals surface area contributed by atoms with Crippen molar-refractivity contribution in [3.8, 4) is 0 Å². The van der Waals surface area contributed by atoms with Gasteiger partial charge in [0, 0.05) is 20.6 Å². The zero-order chi connectivity index (χ0) is 37.2. The van der Waals surface area contributed by atoms with Crippen LogP contribution in [-0.2, 0) is 33.5 Å². The highest BCUT2D eigenvalue weighted by Gasteiger charge is 2.58. The first-order valence-electron chi connectivity index (χ1n) is 18.2. The number of nitrogens with one attached hydrogen (secondary N) is 4. The first-order chi connectivity index (χ1) is 24.3. The molecule has 0 radical (unpaired) electrons. The van der Waals surface area contributed by atoms with Crippen molar-refractivity contribution in [2.45, 2.75) is 96.3 Å². The Balaban J connectivity index is 1.39. The molecule has 1 aromatic carbocycles. The molecule has 14 nitrogen and oxygen atoms in total. The smallest absolute Gasteiger partial charge is 0.407 e. The van der Waals surface area contributed by atoms with E-state index in [1.54, 1.807) is 44.4 Å². The molecule has 6 atom stereocenters. The third kappa shape index (κ3) is 10.5. The number of Topliss-reactive ketones (excluding diaryl/α,β-unsaturated/α-hetero) is 1. The van der Waals surface area contributed by atoms with Gasteiger partial charge in [-0.25, -0.2) is 4.79 Å². The lowest BCUT2D eigenvalue weighted by Crippen LogP contribution is -2.59. The van der Waals surface area contributed by atoms with E-state index in [0.29, 0.717) is 18.5 Å². The van der Waals surface area contributed by atoms with Crippen LogP contribution in [-0.4, -0.2) is 103 Å². The highest BCUT2D eigenvalue weighted by Crippen LogP contribution is 2.50. The predicted octanol–water partition coefficient (Wildman–Crippen LogP) is 2.08. The topological polar surface area (TPSA) is 183 Å². The molecule has 4 N–H and O–H groups in total. The average molecular weight is 711 g/mol. The van der Waals surface area contributed by atoms with Gasteiger partial charge in [-0.05, 0) is 54.9 Å². The first-order valence-corrected chi connectivity index (χ1v) is 18.2. The third-order valence-electron chi connectivity index (χ3n) is 9.88. The second-order valence-corrected chi connectivity index (χ2v) is 14.6. The fraction of sp³-hybridized carbons (Fsp3) is 0.649. The maximum absolute atomic E-state index is 14.1. The van der Waals surface area contributed by atoms with Crippen LogP contribution in [0.15, 0.2) is 30.3 Å². The van der Waals surface area contributed by atoms with E-state index in [1.165, 1.54) is 9.80 Å². The van der Waals surface area contributed by atoms with Crippen molar-refractivity contribution < 1.29 is 38.3 Å². The van der Waals surface area contributed by atoms with E-state index in [2.05, 4.69) is 21.3 Å². The number of likely N-dealkylation sites (tertiary alicyclic amines) is 1. The van der Waals surface area contributed by atoms with E-state index < -0.39 is 60.3 Å². The maximum Gasteiger partial charge on any atom is 0.407 e. The number of ether oxygens (including phenoxy) is 1. The number of hydrogen-bond acceptors (Lipinski definition) is 8. The number of alkyl carbamates (subject to hydrolysis) is 1. The van der Waals surface area contributed by atoms with E-state index in [4.69, 9.17) is 4.74 Å². The number of fused-ring (bicyclic) bond motifs is 1. The molecule has 1 aromatic rings. The number of rotatable bonds is 16. The normalized spacial score (nSPS) is 21.4. The minimum atomic E-state index is -1.18. The molecule has 1 aliphatic heterocycles. The Morgan fingerprint density at radius 2 is 1.63 bits per heavy atom. The van der Waals surface area contributed by atoms with Crippen LogP contribution < -0.4 is 21.3 Å².